The van der Waals surface area contributed by atoms with Crippen LogP contribution in [0.15, 0.2) is 72.1 Å². The maximum Gasteiger partial charge on any atom is 0.341 e. The number of amides is 1. The van der Waals surface area contributed by atoms with Gasteiger partial charge in [-0.1, -0.05) is 54.6 Å². The lowest BCUT2D eigenvalue weighted by atomic mass is 10.0. The highest BCUT2D eigenvalue weighted by molar-refractivity contribution is 7.15. The molecule has 4 aromatic rings. The zero-order valence-electron chi connectivity index (χ0n) is 17.7. The third kappa shape index (κ3) is 4.75. The average Bonchev–Trinajstić information content (AvgIpc) is 3.23. The molecule has 0 saturated carbocycles. The summed E-state index contributed by atoms with van der Waals surface area (Å²) in [5.41, 5.74) is 1.95. The molecular formula is C25H20N2O5S. The molecule has 0 bridgehead atoms. The van der Waals surface area contributed by atoms with Gasteiger partial charge in [-0.15, -0.1) is 11.3 Å². The Hall–Kier alpha value is -4.04. The molecule has 4 rings (SSSR count). The van der Waals surface area contributed by atoms with Crippen LogP contribution in [0.1, 0.15) is 22.8 Å². The van der Waals surface area contributed by atoms with Crippen molar-refractivity contribution in [1.29, 1.82) is 0 Å². The van der Waals surface area contributed by atoms with E-state index in [0.717, 1.165) is 16.3 Å². The monoisotopic (exact) mass is 460 g/mol. The number of nitro groups is 1. The van der Waals surface area contributed by atoms with Crippen molar-refractivity contribution >= 4 is 44.7 Å². The predicted molar refractivity (Wildman–Crippen MR) is 129 cm³/mol. The molecule has 0 spiro atoms. The third-order valence-corrected chi connectivity index (χ3v) is 6.02. The first-order valence-corrected chi connectivity index (χ1v) is 11.2. The van der Waals surface area contributed by atoms with Crippen LogP contribution in [0.4, 0.5) is 10.7 Å². The molecule has 0 aliphatic rings. The van der Waals surface area contributed by atoms with Crippen LogP contribution in [-0.4, -0.2) is 23.4 Å². The average molecular weight is 461 g/mol. The van der Waals surface area contributed by atoms with Crippen molar-refractivity contribution in [2.75, 3.05) is 11.9 Å². The zero-order valence-corrected chi connectivity index (χ0v) is 18.6. The van der Waals surface area contributed by atoms with E-state index in [-0.39, 0.29) is 30.2 Å². The van der Waals surface area contributed by atoms with E-state index in [1.165, 1.54) is 23.5 Å². The summed E-state index contributed by atoms with van der Waals surface area (Å²) in [5.74, 6) is -0.870. The Labute approximate surface area is 193 Å². The van der Waals surface area contributed by atoms with Crippen molar-refractivity contribution in [3.63, 3.8) is 0 Å². The van der Waals surface area contributed by atoms with Gasteiger partial charge >= 0.3 is 5.97 Å². The van der Waals surface area contributed by atoms with Gasteiger partial charge in [0.25, 0.3) is 5.69 Å². The Kier molecular flexibility index (Phi) is 6.46. The number of benzene rings is 3. The van der Waals surface area contributed by atoms with Crippen LogP contribution in [0.2, 0.25) is 0 Å². The van der Waals surface area contributed by atoms with Gasteiger partial charge in [0.15, 0.2) is 0 Å². The van der Waals surface area contributed by atoms with Gasteiger partial charge in [0, 0.05) is 23.1 Å². The number of nitro benzene ring substituents is 1. The lowest BCUT2D eigenvalue weighted by Gasteiger charge is -2.10. The van der Waals surface area contributed by atoms with E-state index >= 15 is 0 Å². The molecule has 0 unspecified atom stereocenters. The minimum absolute atomic E-state index is 0.0879. The van der Waals surface area contributed by atoms with Crippen LogP contribution >= 0.6 is 11.3 Å². The van der Waals surface area contributed by atoms with E-state index in [2.05, 4.69) is 5.32 Å². The molecule has 33 heavy (non-hydrogen) atoms. The molecule has 1 heterocycles. The Bertz CT molecular complexity index is 1360. The molecule has 0 fully saturated rings. The lowest BCUT2D eigenvalue weighted by molar-refractivity contribution is -0.384. The first-order chi connectivity index (χ1) is 16.0. The molecule has 7 nitrogen and oxygen atoms in total. The molecule has 0 atom stereocenters. The van der Waals surface area contributed by atoms with Crippen LogP contribution < -0.4 is 5.32 Å². The Balaban J connectivity index is 1.66. The first kappa shape index (κ1) is 22.2. The van der Waals surface area contributed by atoms with Crippen molar-refractivity contribution in [2.45, 2.75) is 13.3 Å². The quantitative estimate of drug-likeness (QED) is 0.212. The molecule has 3 aromatic carbocycles. The Morgan fingerprint density at radius 2 is 1.82 bits per heavy atom. The number of carbonyl (C=O) groups excluding carboxylic acids is 2. The molecule has 1 amide bonds. The summed E-state index contributed by atoms with van der Waals surface area (Å²) >= 11 is 1.18. The predicted octanol–water partition coefficient (Wildman–Crippen LogP) is 5.83. The summed E-state index contributed by atoms with van der Waals surface area (Å²) in [5, 5.41) is 18.1. The summed E-state index contributed by atoms with van der Waals surface area (Å²) < 4.78 is 5.21. The highest BCUT2D eigenvalue weighted by Crippen LogP contribution is 2.37. The van der Waals surface area contributed by atoms with E-state index in [1.54, 1.807) is 24.4 Å². The standard InChI is InChI=1S/C25H20N2O5S/c1-2-32-25(29)23-21(17-10-6-11-19(13-17)27(30)31)15-33-24(23)26-22(28)14-18-9-5-8-16-7-3-4-12-20(16)18/h3-13,15H,2,14H2,1H3,(H,26,28). The molecule has 0 aliphatic heterocycles. The Morgan fingerprint density at radius 3 is 2.61 bits per heavy atom. The number of esters is 1. The number of rotatable bonds is 7. The van der Waals surface area contributed by atoms with Gasteiger partial charge in [-0.3, -0.25) is 14.9 Å². The topological polar surface area (TPSA) is 98.5 Å². The van der Waals surface area contributed by atoms with E-state index < -0.39 is 10.9 Å². The molecule has 0 saturated heterocycles. The number of thiophene rings is 1. The molecule has 166 valence electrons. The molecule has 1 aromatic heterocycles. The van der Waals surface area contributed by atoms with E-state index in [4.69, 9.17) is 4.74 Å². The van der Waals surface area contributed by atoms with Crippen LogP contribution in [0.3, 0.4) is 0 Å². The van der Waals surface area contributed by atoms with Gasteiger partial charge < -0.3 is 10.1 Å². The fourth-order valence-corrected chi connectivity index (χ4v) is 4.62. The summed E-state index contributed by atoms with van der Waals surface area (Å²) in [6, 6.07) is 19.6. The van der Waals surface area contributed by atoms with Crippen molar-refractivity contribution in [1.82, 2.24) is 0 Å². The highest BCUT2D eigenvalue weighted by atomic mass is 32.1. The normalized spacial score (nSPS) is 10.7. The SMILES string of the molecule is CCOC(=O)c1c(-c2cccc([N+](=O)[O-])c2)csc1NC(=O)Cc1cccc2ccccc12. The maximum atomic E-state index is 12.9. The van der Waals surface area contributed by atoms with Crippen LogP contribution in [-0.2, 0) is 16.0 Å². The van der Waals surface area contributed by atoms with Crippen LogP contribution in [0, 0.1) is 10.1 Å². The lowest BCUT2D eigenvalue weighted by Crippen LogP contribution is -2.16. The molecule has 0 aliphatic carbocycles. The smallest absolute Gasteiger partial charge is 0.341 e. The molecule has 0 radical (unpaired) electrons. The first-order valence-electron chi connectivity index (χ1n) is 10.3. The zero-order chi connectivity index (χ0) is 23.4. The second kappa shape index (κ2) is 9.62. The van der Waals surface area contributed by atoms with Crippen LogP contribution in [0.5, 0.6) is 0 Å². The fourth-order valence-electron chi connectivity index (χ4n) is 3.65. The van der Waals surface area contributed by atoms with Crippen molar-refractivity contribution < 1.29 is 19.2 Å². The number of carbonyl (C=O) groups is 2. The van der Waals surface area contributed by atoms with Crippen LogP contribution in [0.25, 0.3) is 21.9 Å². The van der Waals surface area contributed by atoms with E-state index in [1.807, 2.05) is 42.5 Å². The second-order valence-corrected chi connectivity index (χ2v) is 8.12. The summed E-state index contributed by atoms with van der Waals surface area (Å²) in [4.78, 5) is 36.3. The largest absolute Gasteiger partial charge is 0.462 e. The number of nitrogens with zero attached hydrogens (tertiary/aromatic N) is 1. The molecule has 1 N–H and O–H groups in total. The number of ether oxygens (including phenoxy) is 1. The second-order valence-electron chi connectivity index (χ2n) is 7.24. The maximum absolute atomic E-state index is 12.9. The van der Waals surface area contributed by atoms with Gasteiger partial charge in [-0.25, -0.2) is 4.79 Å². The van der Waals surface area contributed by atoms with Gasteiger partial charge in [-0.2, -0.15) is 0 Å². The number of nitrogens with one attached hydrogen (secondary N) is 1. The highest BCUT2D eigenvalue weighted by Gasteiger charge is 2.24. The summed E-state index contributed by atoms with van der Waals surface area (Å²) in [6.07, 6.45) is 0.133. The number of hydrogen-bond donors (Lipinski definition) is 1. The number of hydrogen-bond acceptors (Lipinski definition) is 6. The molecule has 8 heteroatoms. The number of fused-ring (bicyclic) bond motifs is 1. The van der Waals surface area contributed by atoms with Crippen molar-refractivity contribution in [2.24, 2.45) is 0 Å². The van der Waals surface area contributed by atoms with Gasteiger partial charge in [0.1, 0.15) is 10.6 Å². The third-order valence-electron chi connectivity index (χ3n) is 5.12. The fraction of sp³-hybridized carbons (Fsp3) is 0.120. The minimum Gasteiger partial charge on any atom is -0.462 e. The van der Waals surface area contributed by atoms with Gasteiger partial charge in [0.2, 0.25) is 5.91 Å². The van der Waals surface area contributed by atoms with Crippen molar-refractivity contribution in [3.8, 4) is 11.1 Å². The van der Waals surface area contributed by atoms with Gasteiger partial charge in [-0.05, 0) is 28.8 Å². The van der Waals surface area contributed by atoms with Crippen molar-refractivity contribution in [3.05, 3.63) is 93.4 Å². The number of non-ortho nitro benzene ring substituents is 1. The minimum atomic E-state index is -0.597. The van der Waals surface area contributed by atoms with E-state index in [9.17, 15) is 19.7 Å². The van der Waals surface area contributed by atoms with E-state index in [0.29, 0.717) is 16.1 Å². The summed E-state index contributed by atoms with van der Waals surface area (Å²) in [7, 11) is 0. The number of anilines is 1. The summed E-state index contributed by atoms with van der Waals surface area (Å²) in [6.45, 7) is 1.85. The molecular weight excluding hydrogens is 440 g/mol. The Morgan fingerprint density at radius 1 is 1.06 bits per heavy atom. The van der Waals surface area contributed by atoms with Gasteiger partial charge in [0.05, 0.1) is 18.0 Å².